The Kier molecular flexibility index (Phi) is 5.18. The molecule has 1 heterocycles. The van der Waals surface area contributed by atoms with Gasteiger partial charge in [0.15, 0.2) is 0 Å². The molecule has 1 aliphatic rings. The summed E-state index contributed by atoms with van der Waals surface area (Å²) in [5.41, 5.74) is 8.95. The van der Waals surface area contributed by atoms with Crippen LogP contribution in [0.3, 0.4) is 0 Å². The molecule has 1 aliphatic carbocycles. The molecular formula is C18H21ClN4O3. The summed E-state index contributed by atoms with van der Waals surface area (Å²) >= 11 is 5.61. The van der Waals surface area contributed by atoms with Crippen LogP contribution in [0.5, 0.6) is 0 Å². The van der Waals surface area contributed by atoms with Crippen molar-refractivity contribution in [3.05, 3.63) is 41.0 Å². The fraction of sp³-hybridized carbons (Fsp3) is 0.389. The number of anilines is 2. The molecule has 7 nitrogen and oxygen atoms in total. The summed E-state index contributed by atoms with van der Waals surface area (Å²) in [7, 11) is 0. The first kappa shape index (κ1) is 18.3. The number of halogens is 1. The molecule has 0 bridgehead atoms. The molecule has 0 saturated heterocycles. The number of nitrogens with zero attached hydrogens (tertiary/aromatic N) is 2. The highest BCUT2D eigenvalue weighted by atomic mass is 35.5. The Labute approximate surface area is 156 Å². The minimum absolute atomic E-state index is 0.0228. The van der Waals surface area contributed by atoms with Crippen LogP contribution in [0, 0.1) is 12.8 Å². The molecule has 1 saturated carbocycles. The Balaban J connectivity index is 2.03. The summed E-state index contributed by atoms with van der Waals surface area (Å²) in [4.78, 5) is 27.6. The zero-order chi connectivity index (χ0) is 18.8. The van der Waals surface area contributed by atoms with Gasteiger partial charge in [-0.05, 0) is 37.3 Å². The number of carbonyl (C=O) groups excluding carboxylic acids is 1. The van der Waals surface area contributed by atoms with Gasteiger partial charge in [0, 0.05) is 36.1 Å². The molecule has 0 spiro atoms. The monoisotopic (exact) mass is 376 g/mol. The summed E-state index contributed by atoms with van der Waals surface area (Å²) in [5, 5.41) is 12.2. The maximum Gasteiger partial charge on any atom is 0.337 e. The van der Waals surface area contributed by atoms with Crippen LogP contribution in [0.4, 0.5) is 11.4 Å². The van der Waals surface area contributed by atoms with E-state index >= 15 is 0 Å². The number of carboxylic acids is 1. The van der Waals surface area contributed by atoms with Gasteiger partial charge in [-0.15, -0.1) is 11.6 Å². The van der Waals surface area contributed by atoms with Crippen LogP contribution in [-0.4, -0.2) is 32.4 Å². The summed E-state index contributed by atoms with van der Waals surface area (Å²) in [6, 6.07) is 1.46. The van der Waals surface area contributed by atoms with Crippen LogP contribution in [0.15, 0.2) is 18.6 Å². The van der Waals surface area contributed by atoms with Crippen LogP contribution in [-0.2, 0) is 17.8 Å². The normalized spacial score (nSPS) is 13.6. The quantitative estimate of drug-likeness (QED) is 0.508. The van der Waals surface area contributed by atoms with E-state index in [1.807, 2.05) is 0 Å². The minimum Gasteiger partial charge on any atom is -0.478 e. The average molecular weight is 377 g/mol. The molecule has 0 unspecified atom stereocenters. The van der Waals surface area contributed by atoms with E-state index in [9.17, 15) is 14.7 Å². The average Bonchev–Trinajstić information content (AvgIpc) is 3.31. The number of nitrogen functional groups attached to an aromatic ring is 1. The van der Waals surface area contributed by atoms with Gasteiger partial charge in [-0.3, -0.25) is 4.79 Å². The number of amides is 1. The molecule has 0 aliphatic heterocycles. The van der Waals surface area contributed by atoms with Crippen molar-refractivity contribution in [2.24, 2.45) is 5.92 Å². The molecule has 0 atom stereocenters. The number of imidazole rings is 1. The molecule has 0 radical (unpaired) electrons. The topological polar surface area (TPSA) is 110 Å². The number of aryl methyl sites for hydroxylation is 1. The van der Waals surface area contributed by atoms with E-state index in [1.54, 1.807) is 19.4 Å². The third kappa shape index (κ3) is 3.83. The van der Waals surface area contributed by atoms with Crippen LogP contribution >= 0.6 is 11.6 Å². The van der Waals surface area contributed by atoms with Crippen LogP contribution in [0.25, 0.3) is 0 Å². The van der Waals surface area contributed by atoms with Crippen molar-refractivity contribution in [3.8, 4) is 0 Å². The predicted molar refractivity (Wildman–Crippen MR) is 99.7 cm³/mol. The van der Waals surface area contributed by atoms with E-state index in [-0.39, 0.29) is 23.0 Å². The third-order valence-electron chi connectivity index (χ3n) is 4.60. The Morgan fingerprint density at radius 1 is 1.46 bits per heavy atom. The largest absolute Gasteiger partial charge is 0.478 e. The SMILES string of the molecule is Cc1cc(C(=O)O)c(N)c(Cc2cncn2CC2CC2)c1NC(=O)CCl. The predicted octanol–water partition coefficient (Wildman–Crippen LogP) is 2.65. The summed E-state index contributed by atoms with van der Waals surface area (Å²) < 4.78 is 2.06. The highest BCUT2D eigenvalue weighted by Crippen LogP contribution is 2.34. The number of alkyl halides is 1. The van der Waals surface area contributed by atoms with Gasteiger partial charge in [-0.2, -0.15) is 0 Å². The lowest BCUT2D eigenvalue weighted by molar-refractivity contribution is -0.113. The molecule has 1 amide bonds. The lowest BCUT2D eigenvalue weighted by Crippen LogP contribution is -2.18. The van der Waals surface area contributed by atoms with Gasteiger partial charge < -0.3 is 20.7 Å². The van der Waals surface area contributed by atoms with E-state index in [0.29, 0.717) is 29.2 Å². The van der Waals surface area contributed by atoms with E-state index in [0.717, 1.165) is 12.2 Å². The molecule has 1 fully saturated rings. The second kappa shape index (κ2) is 7.37. The van der Waals surface area contributed by atoms with E-state index in [1.165, 1.54) is 18.9 Å². The first-order valence-corrected chi connectivity index (χ1v) is 8.94. The van der Waals surface area contributed by atoms with E-state index < -0.39 is 5.97 Å². The van der Waals surface area contributed by atoms with Crippen molar-refractivity contribution in [2.75, 3.05) is 16.9 Å². The second-order valence-corrected chi connectivity index (χ2v) is 6.92. The molecule has 8 heteroatoms. The summed E-state index contributed by atoms with van der Waals surface area (Å²) in [6.07, 6.45) is 6.32. The Hall–Kier alpha value is -2.54. The van der Waals surface area contributed by atoms with Gasteiger partial charge in [0.2, 0.25) is 5.91 Å². The number of rotatable bonds is 7. The van der Waals surface area contributed by atoms with Crippen molar-refractivity contribution >= 4 is 34.9 Å². The number of hydrogen-bond donors (Lipinski definition) is 3. The smallest absolute Gasteiger partial charge is 0.337 e. The molecular weight excluding hydrogens is 356 g/mol. The fourth-order valence-electron chi connectivity index (χ4n) is 3.03. The number of benzene rings is 1. The van der Waals surface area contributed by atoms with E-state index in [4.69, 9.17) is 17.3 Å². The number of nitrogens with two attached hydrogens (primary N) is 1. The summed E-state index contributed by atoms with van der Waals surface area (Å²) in [6.45, 7) is 2.62. The van der Waals surface area contributed by atoms with Gasteiger partial charge in [-0.1, -0.05) is 0 Å². The van der Waals surface area contributed by atoms with Gasteiger partial charge >= 0.3 is 5.97 Å². The molecule has 2 aromatic rings. The minimum atomic E-state index is -1.10. The van der Waals surface area contributed by atoms with Gasteiger partial charge in [0.1, 0.15) is 5.88 Å². The number of nitrogens with one attached hydrogen (secondary N) is 1. The standard InChI is InChI=1S/C18H21ClN4O3/c1-10-4-14(18(25)26)16(20)13(17(10)22-15(24)6-19)5-12-7-21-9-23(12)8-11-2-3-11/h4,7,9,11H,2-3,5-6,8,20H2,1H3,(H,22,24)(H,25,26). The van der Waals surface area contributed by atoms with Crippen molar-refractivity contribution in [3.63, 3.8) is 0 Å². The maximum absolute atomic E-state index is 11.8. The van der Waals surface area contributed by atoms with Crippen molar-refractivity contribution in [2.45, 2.75) is 32.7 Å². The van der Waals surface area contributed by atoms with Gasteiger partial charge in [-0.25, -0.2) is 9.78 Å². The fourth-order valence-corrected chi connectivity index (χ4v) is 3.10. The number of carboxylic acid groups (broad SMARTS) is 1. The number of carbonyl (C=O) groups is 2. The van der Waals surface area contributed by atoms with Crippen molar-refractivity contribution < 1.29 is 14.7 Å². The van der Waals surface area contributed by atoms with Gasteiger partial charge in [0.05, 0.1) is 17.6 Å². The number of hydrogen-bond acceptors (Lipinski definition) is 4. The van der Waals surface area contributed by atoms with Crippen molar-refractivity contribution in [1.82, 2.24) is 9.55 Å². The number of aromatic nitrogens is 2. The first-order valence-electron chi connectivity index (χ1n) is 8.40. The maximum atomic E-state index is 11.8. The Morgan fingerprint density at radius 2 is 2.19 bits per heavy atom. The van der Waals surface area contributed by atoms with Crippen LogP contribution in [0.1, 0.15) is 40.0 Å². The summed E-state index contributed by atoms with van der Waals surface area (Å²) in [5.74, 6) is -1.000. The highest BCUT2D eigenvalue weighted by molar-refractivity contribution is 6.29. The van der Waals surface area contributed by atoms with Gasteiger partial charge in [0.25, 0.3) is 0 Å². The lowest BCUT2D eigenvalue weighted by Gasteiger charge is -2.18. The van der Waals surface area contributed by atoms with Crippen molar-refractivity contribution in [1.29, 1.82) is 0 Å². The molecule has 3 rings (SSSR count). The Bertz CT molecular complexity index is 858. The van der Waals surface area contributed by atoms with E-state index in [2.05, 4.69) is 14.9 Å². The zero-order valence-corrected chi connectivity index (χ0v) is 15.2. The first-order chi connectivity index (χ1) is 12.4. The number of aromatic carboxylic acids is 1. The van der Waals surface area contributed by atoms with Crippen LogP contribution < -0.4 is 11.1 Å². The third-order valence-corrected chi connectivity index (χ3v) is 4.84. The molecule has 138 valence electrons. The molecule has 26 heavy (non-hydrogen) atoms. The second-order valence-electron chi connectivity index (χ2n) is 6.65. The highest BCUT2D eigenvalue weighted by Gasteiger charge is 2.24. The Morgan fingerprint density at radius 3 is 2.81 bits per heavy atom. The zero-order valence-electron chi connectivity index (χ0n) is 14.5. The molecule has 1 aromatic carbocycles. The molecule has 4 N–H and O–H groups in total. The molecule has 1 aromatic heterocycles. The van der Waals surface area contributed by atoms with Crippen LogP contribution in [0.2, 0.25) is 0 Å². The lowest BCUT2D eigenvalue weighted by atomic mass is 9.97.